The normalized spacial score (nSPS) is 11.6. The van der Waals surface area contributed by atoms with Crippen LogP contribution in [-0.4, -0.2) is 15.9 Å². The number of aromatic nitrogens is 2. The summed E-state index contributed by atoms with van der Waals surface area (Å²) in [6.45, 7) is 0. The van der Waals surface area contributed by atoms with Crippen LogP contribution >= 0.6 is 15.9 Å². The Morgan fingerprint density at radius 3 is 2.62 bits per heavy atom. The molecule has 5 nitrogen and oxygen atoms in total. The molecule has 0 aliphatic carbocycles. The minimum absolute atomic E-state index is 0.251. The molecule has 0 aliphatic rings. The zero-order valence-corrected chi connectivity index (χ0v) is 16.7. The predicted octanol–water partition coefficient (Wildman–Crippen LogP) is 5.45. The molecule has 0 N–H and O–H groups in total. The molecule has 140 valence electrons. The minimum atomic E-state index is -0.251. The maximum absolute atomic E-state index is 13.2. The largest absolute Gasteiger partial charge is 0.453 e. The highest BCUT2D eigenvalue weighted by Gasteiger charge is 2.16. The standard InChI is InChI=1S/C23H14BrN3O2/c24-17-10-11-20-16(12-17)13-21(29-20)22-26-19-9-5-4-8-18(19)23(28)27(22)25-14-15-6-2-1-3-7-15/h1-14H. The Morgan fingerprint density at radius 1 is 0.966 bits per heavy atom. The Hall–Kier alpha value is -3.51. The SMILES string of the molecule is O=c1c2ccccc2nc(-c2cc3cc(Br)ccc3o2)n1N=Cc1ccccc1. The van der Waals surface area contributed by atoms with Crippen LogP contribution in [0, 0.1) is 0 Å². The zero-order valence-electron chi connectivity index (χ0n) is 15.1. The molecule has 0 amide bonds. The van der Waals surface area contributed by atoms with Gasteiger partial charge in [-0.05, 0) is 42.0 Å². The molecule has 0 saturated carbocycles. The second-order valence-electron chi connectivity index (χ2n) is 6.52. The molecule has 29 heavy (non-hydrogen) atoms. The van der Waals surface area contributed by atoms with Gasteiger partial charge in [-0.3, -0.25) is 4.79 Å². The molecule has 0 aliphatic heterocycles. The fourth-order valence-electron chi connectivity index (χ4n) is 3.18. The average Bonchev–Trinajstić information content (AvgIpc) is 3.17. The Kier molecular flexibility index (Phi) is 4.33. The van der Waals surface area contributed by atoms with E-state index in [1.807, 2.05) is 72.8 Å². The molecular weight excluding hydrogens is 430 g/mol. The first-order valence-corrected chi connectivity index (χ1v) is 9.79. The molecule has 6 heteroatoms. The topological polar surface area (TPSA) is 60.4 Å². The van der Waals surface area contributed by atoms with Crippen LogP contribution in [0.2, 0.25) is 0 Å². The van der Waals surface area contributed by atoms with Crippen LogP contribution in [-0.2, 0) is 0 Å². The van der Waals surface area contributed by atoms with Crippen LogP contribution in [0.5, 0.6) is 0 Å². The molecule has 3 aromatic carbocycles. The van der Waals surface area contributed by atoms with Gasteiger partial charge in [0.05, 0.1) is 17.1 Å². The number of fused-ring (bicyclic) bond motifs is 2. The van der Waals surface area contributed by atoms with Gasteiger partial charge in [0.25, 0.3) is 5.56 Å². The number of furan rings is 1. The third-order valence-corrected chi connectivity index (χ3v) is 5.07. The lowest BCUT2D eigenvalue weighted by Crippen LogP contribution is -2.20. The van der Waals surface area contributed by atoms with E-state index >= 15 is 0 Å². The van der Waals surface area contributed by atoms with Gasteiger partial charge in [0.15, 0.2) is 5.76 Å². The van der Waals surface area contributed by atoms with Crippen molar-refractivity contribution >= 4 is 44.0 Å². The van der Waals surface area contributed by atoms with Gasteiger partial charge in [-0.1, -0.05) is 58.4 Å². The smallest absolute Gasteiger partial charge is 0.282 e. The number of hydrogen-bond donors (Lipinski definition) is 0. The highest BCUT2D eigenvalue weighted by atomic mass is 79.9. The molecule has 0 atom stereocenters. The van der Waals surface area contributed by atoms with Crippen molar-refractivity contribution in [2.24, 2.45) is 5.10 Å². The maximum Gasteiger partial charge on any atom is 0.282 e. The first kappa shape index (κ1) is 17.6. The van der Waals surface area contributed by atoms with Crippen LogP contribution in [0.25, 0.3) is 33.5 Å². The van der Waals surface area contributed by atoms with Crippen LogP contribution < -0.4 is 5.56 Å². The van der Waals surface area contributed by atoms with E-state index in [0.717, 1.165) is 15.4 Å². The van der Waals surface area contributed by atoms with E-state index in [1.165, 1.54) is 4.68 Å². The van der Waals surface area contributed by atoms with Gasteiger partial charge in [-0.2, -0.15) is 9.78 Å². The van der Waals surface area contributed by atoms with Crippen LogP contribution in [0.3, 0.4) is 0 Å². The number of hydrogen-bond acceptors (Lipinski definition) is 4. The molecule has 5 rings (SSSR count). The quantitative estimate of drug-likeness (QED) is 0.348. The molecule has 0 fully saturated rings. The van der Waals surface area contributed by atoms with Gasteiger partial charge in [0.2, 0.25) is 5.82 Å². The van der Waals surface area contributed by atoms with Gasteiger partial charge < -0.3 is 4.42 Å². The van der Waals surface area contributed by atoms with Crippen LogP contribution in [0.15, 0.2) is 97.6 Å². The van der Waals surface area contributed by atoms with Crippen molar-refractivity contribution in [2.45, 2.75) is 0 Å². The van der Waals surface area contributed by atoms with Crippen molar-refractivity contribution < 1.29 is 4.42 Å². The van der Waals surface area contributed by atoms with Gasteiger partial charge in [-0.15, -0.1) is 0 Å². The van der Waals surface area contributed by atoms with Crippen LogP contribution in [0.4, 0.5) is 0 Å². The third-order valence-electron chi connectivity index (χ3n) is 4.57. The number of rotatable bonds is 3. The summed E-state index contributed by atoms with van der Waals surface area (Å²) in [7, 11) is 0. The number of para-hydroxylation sites is 1. The van der Waals surface area contributed by atoms with Crippen molar-refractivity contribution in [3.8, 4) is 11.6 Å². The number of nitrogens with zero attached hydrogens (tertiary/aromatic N) is 3. The molecule has 0 saturated heterocycles. The molecule has 0 unspecified atom stereocenters. The van der Waals surface area contributed by atoms with E-state index in [9.17, 15) is 4.79 Å². The first-order valence-electron chi connectivity index (χ1n) is 9.00. The first-order chi connectivity index (χ1) is 14.2. The zero-order chi connectivity index (χ0) is 19.8. The Morgan fingerprint density at radius 2 is 1.76 bits per heavy atom. The van der Waals surface area contributed by atoms with Gasteiger partial charge in [0, 0.05) is 9.86 Å². The molecule has 2 heterocycles. The summed E-state index contributed by atoms with van der Waals surface area (Å²) in [6, 6.07) is 24.4. The minimum Gasteiger partial charge on any atom is -0.453 e. The summed E-state index contributed by atoms with van der Waals surface area (Å²) >= 11 is 3.47. The Labute approximate surface area is 174 Å². The van der Waals surface area contributed by atoms with Gasteiger partial charge in [-0.25, -0.2) is 4.98 Å². The second kappa shape index (κ2) is 7.14. The summed E-state index contributed by atoms with van der Waals surface area (Å²) in [5.41, 5.74) is 1.94. The summed E-state index contributed by atoms with van der Waals surface area (Å²) in [4.78, 5) is 17.9. The van der Waals surface area contributed by atoms with E-state index < -0.39 is 0 Å². The van der Waals surface area contributed by atoms with E-state index in [-0.39, 0.29) is 5.56 Å². The molecular formula is C23H14BrN3O2. The second-order valence-corrected chi connectivity index (χ2v) is 7.43. The predicted molar refractivity (Wildman–Crippen MR) is 118 cm³/mol. The summed E-state index contributed by atoms with van der Waals surface area (Å²) < 4.78 is 8.23. The summed E-state index contributed by atoms with van der Waals surface area (Å²) in [5.74, 6) is 0.833. The highest BCUT2D eigenvalue weighted by Crippen LogP contribution is 2.29. The highest BCUT2D eigenvalue weighted by molar-refractivity contribution is 9.10. The summed E-state index contributed by atoms with van der Waals surface area (Å²) in [5, 5.41) is 5.85. The monoisotopic (exact) mass is 443 g/mol. The maximum atomic E-state index is 13.2. The van der Waals surface area contributed by atoms with Crippen LogP contribution in [0.1, 0.15) is 5.56 Å². The van der Waals surface area contributed by atoms with Crippen molar-refractivity contribution in [3.05, 3.63) is 99.3 Å². The summed E-state index contributed by atoms with van der Waals surface area (Å²) in [6.07, 6.45) is 1.64. The molecule has 0 bridgehead atoms. The lowest BCUT2D eigenvalue weighted by atomic mass is 10.2. The lowest BCUT2D eigenvalue weighted by molar-refractivity contribution is 0.616. The fourth-order valence-corrected chi connectivity index (χ4v) is 3.56. The Balaban J connectivity index is 1.76. The average molecular weight is 444 g/mol. The Bertz CT molecular complexity index is 1440. The fraction of sp³-hybridized carbons (Fsp3) is 0. The van der Waals surface area contributed by atoms with Crippen molar-refractivity contribution in [1.29, 1.82) is 0 Å². The lowest BCUT2D eigenvalue weighted by Gasteiger charge is -2.07. The molecule has 0 radical (unpaired) electrons. The van der Waals surface area contributed by atoms with Crippen molar-refractivity contribution in [1.82, 2.24) is 9.66 Å². The van der Waals surface area contributed by atoms with Crippen molar-refractivity contribution in [2.75, 3.05) is 0 Å². The molecule has 2 aromatic heterocycles. The third kappa shape index (κ3) is 3.28. The van der Waals surface area contributed by atoms with E-state index in [4.69, 9.17) is 4.42 Å². The van der Waals surface area contributed by atoms with Gasteiger partial charge in [0.1, 0.15) is 5.58 Å². The van der Waals surface area contributed by atoms with E-state index in [2.05, 4.69) is 26.0 Å². The number of benzene rings is 3. The van der Waals surface area contributed by atoms with E-state index in [0.29, 0.717) is 28.1 Å². The molecule has 0 spiro atoms. The number of halogens is 1. The molecule has 5 aromatic rings. The van der Waals surface area contributed by atoms with Crippen molar-refractivity contribution in [3.63, 3.8) is 0 Å². The van der Waals surface area contributed by atoms with Gasteiger partial charge >= 0.3 is 0 Å². The van der Waals surface area contributed by atoms with E-state index in [1.54, 1.807) is 12.3 Å².